The van der Waals surface area contributed by atoms with Crippen LogP contribution in [0.1, 0.15) is 11.3 Å². The molecule has 34 heavy (non-hydrogen) atoms. The van der Waals surface area contributed by atoms with Crippen LogP contribution in [0.2, 0.25) is 5.02 Å². The number of aromatic nitrogens is 5. The third-order valence-corrected chi connectivity index (χ3v) is 5.94. The van der Waals surface area contributed by atoms with E-state index in [1.807, 2.05) is 62.8 Å². The molecule has 0 aliphatic rings. The zero-order valence-corrected chi connectivity index (χ0v) is 19.5. The van der Waals surface area contributed by atoms with Crippen molar-refractivity contribution < 1.29 is 0 Å². The number of aromatic amines is 1. The number of anilines is 2. The molecule has 0 fully saturated rings. The van der Waals surface area contributed by atoms with Crippen molar-refractivity contribution in [3.63, 3.8) is 0 Å². The Balaban J connectivity index is 1.48. The Labute approximate surface area is 202 Å². The van der Waals surface area contributed by atoms with Gasteiger partial charge in [-0.3, -0.25) is 15.1 Å². The highest BCUT2D eigenvalue weighted by Crippen LogP contribution is 2.32. The first kappa shape index (κ1) is 21.6. The highest BCUT2D eigenvalue weighted by Gasteiger charge is 2.14. The summed E-state index contributed by atoms with van der Waals surface area (Å²) >= 11 is 6.19. The Morgan fingerprint density at radius 1 is 0.971 bits per heavy atom. The Kier molecular flexibility index (Phi) is 5.69. The first-order valence-corrected chi connectivity index (χ1v) is 11.1. The standard InChI is InChI=1S/C26H22ClN7/c1-15-23(17-5-4-6-20(27)7-17)13-30-14-24(15)32-16(2)25-22-9-19(11-31-26(22)34-33-25)18-8-21(28-3)12-29-10-18/h4-14,28,32H,2H2,1,3H3,(H,31,33,34). The molecule has 0 saturated carbocycles. The lowest BCUT2D eigenvalue weighted by atomic mass is 10.0. The van der Waals surface area contributed by atoms with Gasteiger partial charge in [0, 0.05) is 58.9 Å². The molecular weight excluding hydrogens is 446 g/mol. The van der Waals surface area contributed by atoms with Gasteiger partial charge in [0.2, 0.25) is 0 Å². The lowest BCUT2D eigenvalue weighted by Gasteiger charge is -2.14. The second kappa shape index (κ2) is 8.96. The molecule has 0 radical (unpaired) electrons. The molecule has 0 spiro atoms. The maximum atomic E-state index is 6.19. The van der Waals surface area contributed by atoms with E-state index < -0.39 is 0 Å². The van der Waals surface area contributed by atoms with E-state index in [1.165, 1.54) is 0 Å². The molecule has 8 heteroatoms. The molecule has 0 unspecified atom stereocenters. The summed E-state index contributed by atoms with van der Waals surface area (Å²) in [5.74, 6) is 0. The molecular formula is C26H22ClN7. The first-order chi connectivity index (χ1) is 16.5. The van der Waals surface area contributed by atoms with Crippen LogP contribution in [0.4, 0.5) is 11.4 Å². The van der Waals surface area contributed by atoms with Gasteiger partial charge in [-0.15, -0.1) is 0 Å². The van der Waals surface area contributed by atoms with Crippen LogP contribution >= 0.6 is 11.6 Å². The number of H-pyrrole nitrogens is 1. The Morgan fingerprint density at radius 2 is 1.79 bits per heavy atom. The summed E-state index contributed by atoms with van der Waals surface area (Å²) in [5.41, 5.74) is 8.75. The molecule has 0 saturated heterocycles. The number of halogens is 1. The van der Waals surface area contributed by atoms with Gasteiger partial charge >= 0.3 is 0 Å². The maximum absolute atomic E-state index is 6.19. The minimum Gasteiger partial charge on any atom is -0.387 e. The van der Waals surface area contributed by atoms with Crippen LogP contribution in [0, 0.1) is 6.92 Å². The van der Waals surface area contributed by atoms with Gasteiger partial charge in [-0.05, 0) is 42.3 Å². The normalized spacial score (nSPS) is 10.9. The third kappa shape index (κ3) is 4.09. The van der Waals surface area contributed by atoms with Gasteiger partial charge in [0.05, 0.1) is 29.0 Å². The molecule has 3 N–H and O–H groups in total. The second-order valence-electron chi connectivity index (χ2n) is 7.88. The fourth-order valence-electron chi connectivity index (χ4n) is 3.85. The molecule has 7 nitrogen and oxygen atoms in total. The predicted molar refractivity (Wildman–Crippen MR) is 139 cm³/mol. The molecule has 0 aliphatic heterocycles. The van der Waals surface area contributed by atoms with E-state index in [4.69, 9.17) is 11.6 Å². The monoisotopic (exact) mass is 467 g/mol. The van der Waals surface area contributed by atoms with Crippen molar-refractivity contribution in [2.24, 2.45) is 0 Å². The summed E-state index contributed by atoms with van der Waals surface area (Å²) < 4.78 is 0. The quantitative estimate of drug-likeness (QED) is 0.276. The molecule has 4 heterocycles. The SMILES string of the molecule is C=C(Nc1cncc(-c2cccc(Cl)c2)c1C)c1[nH]nc2ncc(-c3cncc(NC)c3)cc12. The van der Waals surface area contributed by atoms with Crippen LogP contribution in [0.5, 0.6) is 0 Å². The van der Waals surface area contributed by atoms with Gasteiger partial charge in [0.15, 0.2) is 5.65 Å². The Bertz CT molecular complexity index is 1520. The predicted octanol–water partition coefficient (Wildman–Crippen LogP) is 6.17. The lowest BCUT2D eigenvalue weighted by Crippen LogP contribution is -2.02. The lowest BCUT2D eigenvalue weighted by molar-refractivity contribution is 1.08. The maximum Gasteiger partial charge on any atom is 0.181 e. The van der Waals surface area contributed by atoms with Crippen molar-refractivity contribution in [1.29, 1.82) is 0 Å². The summed E-state index contributed by atoms with van der Waals surface area (Å²) in [6.07, 6.45) is 9.00. The number of benzene rings is 1. The smallest absolute Gasteiger partial charge is 0.181 e. The van der Waals surface area contributed by atoms with Gasteiger partial charge in [-0.25, -0.2) is 4.98 Å². The highest BCUT2D eigenvalue weighted by molar-refractivity contribution is 6.30. The molecule has 168 valence electrons. The third-order valence-electron chi connectivity index (χ3n) is 5.71. The van der Waals surface area contributed by atoms with Crippen LogP contribution in [0.15, 0.2) is 74.0 Å². The van der Waals surface area contributed by atoms with Crippen molar-refractivity contribution in [2.45, 2.75) is 6.92 Å². The number of hydrogen-bond donors (Lipinski definition) is 3. The summed E-state index contributed by atoms with van der Waals surface area (Å²) in [4.78, 5) is 13.2. The van der Waals surface area contributed by atoms with Crippen LogP contribution in [0.3, 0.4) is 0 Å². The fourth-order valence-corrected chi connectivity index (χ4v) is 4.04. The molecule has 1 aromatic carbocycles. The number of nitrogens with one attached hydrogen (secondary N) is 3. The van der Waals surface area contributed by atoms with Crippen LogP contribution in [-0.4, -0.2) is 32.2 Å². The van der Waals surface area contributed by atoms with Gasteiger partial charge < -0.3 is 10.6 Å². The molecule has 4 aromatic heterocycles. The Hall–Kier alpha value is -4.23. The van der Waals surface area contributed by atoms with E-state index in [-0.39, 0.29) is 0 Å². The van der Waals surface area contributed by atoms with Crippen molar-refractivity contribution in [1.82, 2.24) is 25.1 Å². The van der Waals surface area contributed by atoms with Crippen molar-refractivity contribution >= 4 is 39.7 Å². The topological polar surface area (TPSA) is 91.4 Å². The number of pyridine rings is 3. The number of hydrogen-bond acceptors (Lipinski definition) is 6. The fraction of sp³-hybridized carbons (Fsp3) is 0.0769. The first-order valence-electron chi connectivity index (χ1n) is 10.7. The van der Waals surface area contributed by atoms with E-state index in [9.17, 15) is 0 Å². The zero-order valence-electron chi connectivity index (χ0n) is 18.7. The van der Waals surface area contributed by atoms with E-state index in [0.29, 0.717) is 16.4 Å². The summed E-state index contributed by atoms with van der Waals surface area (Å²) in [7, 11) is 1.87. The number of fused-ring (bicyclic) bond motifs is 1. The van der Waals surface area contributed by atoms with Gasteiger partial charge in [0.1, 0.15) is 0 Å². The van der Waals surface area contributed by atoms with Crippen molar-refractivity contribution in [3.8, 4) is 22.3 Å². The minimum atomic E-state index is 0.613. The summed E-state index contributed by atoms with van der Waals surface area (Å²) in [5, 5.41) is 15.5. The molecule has 0 aliphatic carbocycles. The van der Waals surface area contributed by atoms with E-state index in [0.717, 1.165) is 50.3 Å². The minimum absolute atomic E-state index is 0.613. The number of nitrogens with zero attached hydrogens (tertiary/aromatic N) is 4. The van der Waals surface area contributed by atoms with Crippen LogP contribution < -0.4 is 10.6 Å². The number of rotatable bonds is 6. The van der Waals surface area contributed by atoms with E-state index in [1.54, 1.807) is 18.6 Å². The van der Waals surface area contributed by atoms with Crippen molar-refractivity contribution in [3.05, 3.63) is 90.2 Å². The molecule has 0 atom stereocenters. The van der Waals surface area contributed by atoms with Gasteiger partial charge in [-0.1, -0.05) is 30.3 Å². The molecule has 5 aromatic rings. The average molecular weight is 468 g/mol. The molecule has 5 rings (SSSR count). The molecule has 0 amide bonds. The molecule has 0 bridgehead atoms. The van der Waals surface area contributed by atoms with Crippen LogP contribution in [0.25, 0.3) is 39.0 Å². The summed E-state index contributed by atoms with van der Waals surface area (Å²) in [6.45, 7) is 6.29. The Morgan fingerprint density at radius 3 is 2.62 bits per heavy atom. The van der Waals surface area contributed by atoms with Gasteiger partial charge in [-0.2, -0.15) is 5.10 Å². The zero-order chi connectivity index (χ0) is 23.7. The average Bonchev–Trinajstić information content (AvgIpc) is 3.29. The highest BCUT2D eigenvalue weighted by atomic mass is 35.5. The van der Waals surface area contributed by atoms with Gasteiger partial charge in [0.25, 0.3) is 0 Å². The summed E-state index contributed by atoms with van der Waals surface area (Å²) in [6, 6.07) is 11.8. The van der Waals surface area contributed by atoms with E-state index in [2.05, 4.69) is 42.4 Å². The van der Waals surface area contributed by atoms with Crippen LogP contribution in [-0.2, 0) is 0 Å². The van der Waals surface area contributed by atoms with Crippen molar-refractivity contribution in [2.75, 3.05) is 17.7 Å². The largest absolute Gasteiger partial charge is 0.387 e. The van der Waals surface area contributed by atoms with E-state index >= 15 is 0 Å². The second-order valence-corrected chi connectivity index (χ2v) is 8.32.